The Kier molecular flexibility index (Phi) is 5.09. The summed E-state index contributed by atoms with van der Waals surface area (Å²) in [5.74, 6) is 1.75. The highest BCUT2D eigenvalue weighted by Gasteiger charge is 2.13. The van der Waals surface area contributed by atoms with Gasteiger partial charge in [-0.25, -0.2) is 9.97 Å². The Labute approximate surface area is 124 Å². The second kappa shape index (κ2) is 6.81. The number of aryl methyl sites for hydroxylation is 1. The fourth-order valence-corrected chi connectivity index (χ4v) is 2.91. The van der Waals surface area contributed by atoms with E-state index >= 15 is 0 Å². The number of hydrogen-bond acceptors (Lipinski definition) is 5. The van der Waals surface area contributed by atoms with Crippen molar-refractivity contribution in [1.82, 2.24) is 14.9 Å². The number of hydrogen-bond donors (Lipinski definition) is 1. The Morgan fingerprint density at radius 3 is 2.85 bits per heavy atom. The third kappa shape index (κ3) is 4.02. The standard InChI is InChI=1S/C15H22N4S/c1-11-8-14(16-3)18-15(17-11)10-19(4)12(2)9-13-6-5-7-20-13/h5-8,12H,9-10H2,1-4H3,(H,16,17,18). The number of anilines is 1. The molecule has 0 aliphatic carbocycles. The maximum Gasteiger partial charge on any atom is 0.144 e. The van der Waals surface area contributed by atoms with Crippen molar-refractivity contribution < 1.29 is 0 Å². The fourth-order valence-electron chi connectivity index (χ4n) is 2.08. The highest BCUT2D eigenvalue weighted by molar-refractivity contribution is 7.09. The average molecular weight is 290 g/mol. The zero-order valence-corrected chi connectivity index (χ0v) is 13.4. The highest BCUT2D eigenvalue weighted by atomic mass is 32.1. The van der Waals surface area contributed by atoms with Crippen LogP contribution < -0.4 is 5.32 Å². The van der Waals surface area contributed by atoms with Crippen molar-refractivity contribution >= 4 is 17.2 Å². The maximum absolute atomic E-state index is 4.51. The van der Waals surface area contributed by atoms with E-state index in [1.54, 1.807) is 0 Å². The molecule has 0 bridgehead atoms. The van der Waals surface area contributed by atoms with Gasteiger partial charge in [0.15, 0.2) is 0 Å². The van der Waals surface area contributed by atoms with E-state index in [9.17, 15) is 0 Å². The van der Waals surface area contributed by atoms with Gasteiger partial charge in [0.25, 0.3) is 0 Å². The van der Waals surface area contributed by atoms with Crippen LogP contribution in [-0.2, 0) is 13.0 Å². The van der Waals surface area contributed by atoms with Crippen LogP contribution >= 0.6 is 11.3 Å². The lowest BCUT2D eigenvalue weighted by molar-refractivity contribution is 0.243. The maximum atomic E-state index is 4.51. The first-order valence-electron chi connectivity index (χ1n) is 6.83. The van der Waals surface area contributed by atoms with Crippen molar-refractivity contribution in [3.05, 3.63) is 40.0 Å². The van der Waals surface area contributed by atoms with E-state index in [0.717, 1.165) is 30.3 Å². The normalized spacial score (nSPS) is 12.7. The van der Waals surface area contributed by atoms with E-state index in [2.05, 4.69) is 51.7 Å². The molecule has 2 aromatic rings. The van der Waals surface area contributed by atoms with Crippen LogP contribution in [-0.4, -0.2) is 35.0 Å². The molecule has 4 nitrogen and oxygen atoms in total. The molecule has 0 fully saturated rings. The molecule has 5 heteroatoms. The monoisotopic (exact) mass is 290 g/mol. The first kappa shape index (κ1) is 14.9. The van der Waals surface area contributed by atoms with E-state index in [0.29, 0.717) is 6.04 Å². The van der Waals surface area contributed by atoms with E-state index < -0.39 is 0 Å². The number of likely N-dealkylation sites (N-methyl/N-ethyl adjacent to an activating group) is 1. The van der Waals surface area contributed by atoms with Crippen molar-refractivity contribution in [2.24, 2.45) is 0 Å². The van der Waals surface area contributed by atoms with Crippen LogP contribution in [0.25, 0.3) is 0 Å². The van der Waals surface area contributed by atoms with Gasteiger partial charge < -0.3 is 5.32 Å². The Balaban J connectivity index is 1.99. The third-order valence-corrected chi connectivity index (χ3v) is 4.28. The summed E-state index contributed by atoms with van der Waals surface area (Å²) in [5.41, 5.74) is 0.999. The van der Waals surface area contributed by atoms with E-state index in [-0.39, 0.29) is 0 Å². The average Bonchev–Trinajstić information content (AvgIpc) is 2.90. The summed E-state index contributed by atoms with van der Waals surface area (Å²) in [6.45, 7) is 5.01. The number of thiophene rings is 1. The van der Waals surface area contributed by atoms with Crippen molar-refractivity contribution in [3.63, 3.8) is 0 Å². The van der Waals surface area contributed by atoms with Crippen LogP contribution in [0, 0.1) is 6.92 Å². The smallest absolute Gasteiger partial charge is 0.144 e. The van der Waals surface area contributed by atoms with Crippen LogP contribution in [0.5, 0.6) is 0 Å². The molecule has 0 saturated heterocycles. The molecule has 0 radical (unpaired) electrons. The summed E-state index contributed by atoms with van der Waals surface area (Å²) >= 11 is 1.82. The molecule has 1 atom stereocenters. The van der Waals surface area contributed by atoms with Gasteiger partial charge in [0, 0.05) is 29.7 Å². The lowest BCUT2D eigenvalue weighted by Gasteiger charge is -2.23. The van der Waals surface area contributed by atoms with Crippen LogP contribution in [0.3, 0.4) is 0 Å². The molecule has 0 aliphatic heterocycles. The molecular weight excluding hydrogens is 268 g/mol. The molecule has 1 unspecified atom stereocenters. The minimum Gasteiger partial charge on any atom is -0.373 e. The second-order valence-electron chi connectivity index (χ2n) is 5.11. The molecule has 2 heterocycles. The molecule has 0 aliphatic rings. The summed E-state index contributed by atoms with van der Waals surface area (Å²) in [6, 6.07) is 6.72. The fraction of sp³-hybridized carbons (Fsp3) is 0.467. The minimum atomic E-state index is 0.468. The topological polar surface area (TPSA) is 41.1 Å². The minimum absolute atomic E-state index is 0.468. The Bertz CT molecular complexity index is 539. The van der Waals surface area contributed by atoms with Crippen LogP contribution in [0.1, 0.15) is 23.3 Å². The number of aromatic nitrogens is 2. The van der Waals surface area contributed by atoms with Crippen molar-refractivity contribution in [1.29, 1.82) is 0 Å². The van der Waals surface area contributed by atoms with Crippen LogP contribution in [0.2, 0.25) is 0 Å². The molecule has 0 aromatic carbocycles. The SMILES string of the molecule is CNc1cc(C)nc(CN(C)C(C)Cc2cccs2)n1. The highest BCUT2D eigenvalue weighted by Crippen LogP contribution is 2.15. The molecule has 20 heavy (non-hydrogen) atoms. The van der Waals surface area contributed by atoms with Crippen molar-refractivity contribution in [2.45, 2.75) is 32.9 Å². The van der Waals surface area contributed by atoms with Gasteiger partial charge in [-0.2, -0.15) is 0 Å². The Morgan fingerprint density at radius 2 is 2.20 bits per heavy atom. The zero-order chi connectivity index (χ0) is 14.5. The van der Waals surface area contributed by atoms with Gasteiger partial charge in [0.1, 0.15) is 11.6 Å². The molecule has 0 spiro atoms. The van der Waals surface area contributed by atoms with Gasteiger partial charge in [-0.05, 0) is 38.8 Å². The number of nitrogens with zero attached hydrogens (tertiary/aromatic N) is 3. The van der Waals surface area contributed by atoms with Gasteiger partial charge in [-0.15, -0.1) is 11.3 Å². The number of rotatable bonds is 6. The predicted molar refractivity (Wildman–Crippen MR) is 85.3 cm³/mol. The van der Waals surface area contributed by atoms with Gasteiger partial charge in [-0.1, -0.05) is 6.07 Å². The van der Waals surface area contributed by atoms with Gasteiger partial charge >= 0.3 is 0 Å². The van der Waals surface area contributed by atoms with Crippen molar-refractivity contribution in [3.8, 4) is 0 Å². The van der Waals surface area contributed by atoms with E-state index in [1.807, 2.05) is 31.4 Å². The number of nitrogens with one attached hydrogen (secondary N) is 1. The summed E-state index contributed by atoms with van der Waals surface area (Å²) in [4.78, 5) is 12.7. The van der Waals surface area contributed by atoms with Crippen molar-refractivity contribution in [2.75, 3.05) is 19.4 Å². The summed E-state index contributed by atoms with van der Waals surface area (Å²) in [6.07, 6.45) is 1.07. The quantitative estimate of drug-likeness (QED) is 0.888. The lowest BCUT2D eigenvalue weighted by atomic mass is 10.2. The molecule has 1 N–H and O–H groups in total. The second-order valence-corrected chi connectivity index (χ2v) is 6.14. The van der Waals surface area contributed by atoms with Gasteiger partial charge in [0.2, 0.25) is 0 Å². The molecule has 2 aromatic heterocycles. The third-order valence-electron chi connectivity index (χ3n) is 3.38. The molecule has 108 valence electrons. The van der Waals surface area contributed by atoms with Crippen LogP contribution in [0.15, 0.2) is 23.6 Å². The summed E-state index contributed by atoms with van der Waals surface area (Å²) < 4.78 is 0. The summed E-state index contributed by atoms with van der Waals surface area (Å²) in [7, 11) is 4.01. The van der Waals surface area contributed by atoms with Gasteiger partial charge in [-0.3, -0.25) is 4.90 Å². The molecule has 2 rings (SSSR count). The Hall–Kier alpha value is -1.46. The largest absolute Gasteiger partial charge is 0.373 e. The lowest BCUT2D eigenvalue weighted by Crippen LogP contribution is -2.31. The van der Waals surface area contributed by atoms with Gasteiger partial charge in [0.05, 0.1) is 6.54 Å². The first-order valence-corrected chi connectivity index (χ1v) is 7.71. The molecular formula is C15H22N4S. The summed E-state index contributed by atoms with van der Waals surface area (Å²) in [5, 5.41) is 5.21. The Morgan fingerprint density at radius 1 is 1.40 bits per heavy atom. The molecule has 0 saturated carbocycles. The van der Waals surface area contributed by atoms with E-state index in [4.69, 9.17) is 0 Å². The first-order chi connectivity index (χ1) is 9.58. The van der Waals surface area contributed by atoms with E-state index in [1.165, 1.54) is 4.88 Å². The van der Waals surface area contributed by atoms with Crippen LogP contribution in [0.4, 0.5) is 5.82 Å². The zero-order valence-electron chi connectivity index (χ0n) is 12.6. The molecule has 0 amide bonds. The predicted octanol–water partition coefficient (Wildman–Crippen LogP) is 2.95.